The summed E-state index contributed by atoms with van der Waals surface area (Å²) in [7, 11) is -1.64. The van der Waals surface area contributed by atoms with Crippen molar-refractivity contribution in [1.82, 2.24) is 4.72 Å². The van der Waals surface area contributed by atoms with Gasteiger partial charge >= 0.3 is 0 Å². The molecule has 1 rings (SSSR count). The smallest absolute Gasteiger partial charge is 0.212 e. The zero-order valence-electron chi connectivity index (χ0n) is 11.4. The lowest BCUT2D eigenvalue weighted by Gasteiger charge is -2.17. The van der Waals surface area contributed by atoms with Crippen molar-refractivity contribution >= 4 is 10.0 Å². The van der Waals surface area contributed by atoms with Gasteiger partial charge in [0.15, 0.2) is 0 Å². The average molecular weight is 271 g/mol. The first-order chi connectivity index (χ1) is 8.39. The van der Waals surface area contributed by atoms with Gasteiger partial charge in [-0.1, -0.05) is 24.6 Å². The second kappa shape index (κ2) is 6.20. The van der Waals surface area contributed by atoms with E-state index >= 15 is 0 Å². The van der Waals surface area contributed by atoms with E-state index in [4.69, 9.17) is 4.74 Å². The third kappa shape index (κ3) is 3.99. The molecular weight excluding hydrogens is 250 g/mol. The first kappa shape index (κ1) is 15.0. The molecule has 0 radical (unpaired) electrons. The van der Waals surface area contributed by atoms with Gasteiger partial charge in [0.25, 0.3) is 0 Å². The predicted molar refractivity (Wildman–Crippen MR) is 73.4 cm³/mol. The van der Waals surface area contributed by atoms with E-state index in [0.717, 1.165) is 11.1 Å². The zero-order chi connectivity index (χ0) is 13.8. The molecule has 18 heavy (non-hydrogen) atoms. The standard InChI is InChI=1S/C13H21NO3S/c1-5-8-18(15,16)14-11(3)12-9-10(2)6-7-13(12)17-4/h6-7,9,11,14H,5,8H2,1-4H3. The average Bonchev–Trinajstić information content (AvgIpc) is 2.28. The molecular formula is C13H21NO3S. The molecule has 0 heterocycles. The highest BCUT2D eigenvalue weighted by Crippen LogP contribution is 2.26. The summed E-state index contributed by atoms with van der Waals surface area (Å²) in [6.07, 6.45) is 0.604. The lowest BCUT2D eigenvalue weighted by molar-refractivity contribution is 0.405. The van der Waals surface area contributed by atoms with E-state index in [2.05, 4.69) is 4.72 Å². The number of ether oxygens (including phenoxy) is 1. The topological polar surface area (TPSA) is 55.4 Å². The van der Waals surface area contributed by atoms with Crippen LogP contribution in [0.1, 0.15) is 37.4 Å². The van der Waals surface area contributed by atoms with Crippen LogP contribution in [0.4, 0.5) is 0 Å². The highest BCUT2D eigenvalue weighted by atomic mass is 32.2. The van der Waals surface area contributed by atoms with Gasteiger partial charge in [-0.15, -0.1) is 0 Å². The Hall–Kier alpha value is -1.07. The maximum Gasteiger partial charge on any atom is 0.212 e. The van der Waals surface area contributed by atoms with Gasteiger partial charge in [0, 0.05) is 11.6 Å². The van der Waals surface area contributed by atoms with Crippen LogP contribution in [0.5, 0.6) is 5.75 Å². The van der Waals surface area contributed by atoms with E-state index in [0.29, 0.717) is 12.2 Å². The summed E-state index contributed by atoms with van der Waals surface area (Å²) in [5, 5.41) is 0. The quantitative estimate of drug-likeness (QED) is 0.864. The lowest BCUT2D eigenvalue weighted by atomic mass is 10.1. The SMILES string of the molecule is CCCS(=O)(=O)NC(C)c1cc(C)ccc1OC. The van der Waals surface area contributed by atoms with Crippen molar-refractivity contribution < 1.29 is 13.2 Å². The first-order valence-electron chi connectivity index (χ1n) is 6.04. The zero-order valence-corrected chi connectivity index (χ0v) is 12.2. The van der Waals surface area contributed by atoms with Crippen molar-refractivity contribution in [3.63, 3.8) is 0 Å². The third-order valence-electron chi connectivity index (χ3n) is 2.68. The van der Waals surface area contributed by atoms with E-state index in [1.54, 1.807) is 7.11 Å². The molecule has 0 spiro atoms. The highest BCUT2D eigenvalue weighted by Gasteiger charge is 2.17. The largest absolute Gasteiger partial charge is 0.496 e. The molecule has 4 nitrogen and oxygen atoms in total. The van der Waals surface area contributed by atoms with Crippen molar-refractivity contribution in [2.24, 2.45) is 0 Å². The van der Waals surface area contributed by atoms with Crippen LogP contribution in [0.25, 0.3) is 0 Å². The minimum atomic E-state index is -3.22. The lowest BCUT2D eigenvalue weighted by Crippen LogP contribution is -2.29. The first-order valence-corrected chi connectivity index (χ1v) is 7.69. The molecule has 0 aromatic heterocycles. The van der Waals surface area contributed by atoms with E-state index in [1.807, 2.05) is 39.0 Å². The Kier molecular flexibility index (Phi) is 5.16. The Labute approximate surface area is 109 Å². The van der Waals surface area contributed by atoms with Crippen LogP contribution >= 0.6 is 0 Å². The second-order valence-corrected chi connectivity index (χ2v) is 6.28. The molecule has 102 valence electrons. The van der Waals surface area contributed by atoms with Crippen LogP contribution in [0.2, 0.25) is 0 Å². The van der Waals surface area contributed by atoms with Crippen LogP contribution in [0.15, 0.2) is 18.2 Å². The van der Waals surface area contributed by atoms with Gasteiger partial charge in [0.05, 0.1) is 12.9 Å². The summed E-state index contributed by atoms with van der Waals surface area (Å²) in [4.78, 5) is 0. The molecule has 0 bridgehead atoms. The maximum atomic E-state index is 11.7. The molecule has 0 amide bonds. The molecule has 0 saturated heterocycles. The molecule has 0 fully saturated rings. The Morgan fingerprint density at radius 1 is 1.39 bits per heavy atom. The van der Waals surface area contributed by atoms with Crippen molar-refractivity contribution in [3.05, 3.63) is 29.3 Å². The molecule has 0 aliphatic rings. The minimum absolute atomic E-state index is 0.144. The van der Waals surface area contributed by atoms with Gasteiger partial charge in [-0.3, -0.25) is 0 Å². The Morgan fingerprint density at radius 3 is 2.61 bits per heavy atom. The number of rotatable bonds is 6. The summed E-state index contributed by atoms with van der Waals surface area (Å²) in [6, 6.07) is 5.44. The summed E-state index contributed by atoms with van der Waals surface area (Å²) in [5.74, 6) is 0.846. The van der Waals surface area contributed by atoms with Crippen molar-refractivity contribution in [3.8, 4) is 5.75 Å². The number of methoxy groups -OCH3 is 1. The fraction of sp³-hybridized carbons (Fsp3) is 0.538. The van der Waals surface area contributed by atoms with Gasteiger partial charge < -0.3 is 4.74 Å². The van der Waals surface area contributed by atoms with Crippen LogP contribution in [-0.4, -0.2) is 21.3 Å². The van der Waals surface area contributed by atoms with Crippen LogP contribution in [0.3, 0.4) is 0 Å². The molecule has 1 N–H and O–H groups in total. The van der Waals surface area contributed by atoms with Crippen molar-refractivity contribution in [2.45, 2.75) is 33.2 Å². The molecule has 1 aromatic rings. The van der Waals surface area contributed by atoms with E-state index in [9.17, 15) is 8.42 Å². The number of hydrogen-bond acceptors (Lipinski definition) is 3. The molecule has 5 heteroatoms. The normalized spacial score (nSPS) is 13.3. The van der Waals surface area contributed by atoms with Crippen LogP contribution in [0, 0.1) is 6.92 Å². The van der Waals surface area contributed by atoms with Gasteiger partial charge in [-0.25, -0.2) is 13.1 Å². The second-order valence-electron chi connectivity index (χ2n) is 4.40. The number of sulfonamides is 1. The molecule has 0 saturated carbocycles. The monoisotopic (exact) mass is 271 g/mol. The van der Waals surface area contributed by atoms with Crippen molar-refractivity contribution in [2.75, 3.05) is 12.9 Å². The number of nitrogens with one attached hydrogen (secondary N) is 1. The number of aryl methyl sites for hydroxylation is 1. The predicted octanol–water partition coefficient (Wildman–Crippen LogP) is 2.39. The van der Waals surface area contributed by atoms with Crippen molar-refractivity contribution in [1.29, 1.82) is 0 Å². The minimum Gasteiger partial charge on any atom is -0.496 e. The summed E-state index contributed by atoms with van der Waals surface area (Å²) in [5.41, 5.74) is 1.93. The Balaban J connectivity index is 2.96. The number of benzene rings is 1. The van der Waals surface area contributed by atoms with Crippen LogP contribution in [-0.2, 0) is 10.0 Å². The molecule has 0 aliphatic heterocycles. The Bertz CT molecular complexity index is 497. The number of hydrogen-bond donors (Lipinski definition) is 1. The summed E-state index contributed by atoms with van der Waals surface area (Å²) in [6.45, 7) is 5.64. The summed E-state index contributed by atoms with van der Waals surface area (Å²) >= 11 is 0. The van der Waals surface area contributed by atoms with Gasteiger partial charge in [-0.2, -0.15) is 0 Å². The molecule has 1 aromatic carbocycles. The fourth-order valence-corrected chi connectivity index (χ4v) is 3.17. The highest BCUT2D eigenvalue weighted by molar-refractivity contribution is 7.89. The van der Waals surface area contributed by atoms with E-state index in [-0.39, 0.29) is 11.8 Å². The molecule has 1 atom stereocenters. The van der Waals surface area contributed by atoms with E-state index in [1.165, 1.54) is 0 Å². The molecule has 1 unspecified atom stereocenters. The fourth-order valence-electron chi connectivity index (χ4n) is 1.85. The van der Waals surface area contributed by atoms with Crippen LogP contribution < -0.4 is 9.46 Å². The molecule has 0 aliphatic carbocycles. The van der Waals surface area contributed by atoms with Gasteiger partial charge in [0.1, 0.15) is 5.75 Å². The van der Waals surface area contributed by atoms with Gasteiger partial charge in [0.2, 0.25) is 10.0 Å². The maximum absolute atomic E-state index is 11.7. The third-order valence-corrected chi connectivity index (χ3v) is 4.34. The van der Waals surface area contributed by atoms with E-state index < -0.39 is 10.0 Å². The van der Waals surface area contributed by atoms with Gasteiger partial charge in [-0.05, 0) is 26.3 Å². The summed E-state index contributed by atoms with van der Waals surface area (Å²) < 4.78 is 31.4. The Morgan fingerprint density at radius 2 is 2.06 bits per heavy atom.